The van der Waals surface area contributed by atoms with E-state index in [-0.39, 0.29) is 17.4 Å². The van der Waals surface area contributed by atoms with E-state index in [1.807, 2.05) is 6.92 Å². The summed E-state index contributed by atoms with van der Waals surface area (Å²) in [5, 5.41) is 11.5. The first-order valence-electron chi connectivity index (χ1n) is 5.07. The lowest BCUT2D eigenvalue weighted by molar-refractivity contribution is 0.0947. The number of nitrogens with two attached hydrogens (primary N) is 1. The molecule has 1 amide bonds. The van der Waals surface area contributed by atoms with Crippen LogP contribution < -0.4 is 11.1 Å². The summed E-state index contributed by atoms with van der Waals surface area (Å²) in [6.07, 6.45) is 0.734. The lowest BCUT2D eigenvalue weighted by Gasteiger charge is -2.10. The zero-order chi connectivity index (χ0) is 12.1. The maximum absolute atomic E-state index is 13.3. The van der Waals surface area contributed by atoms with E-state index in [2.05, 4.69) is 5.32 Å². The molecule has 0 aliphatic carbocycles. The Labute approximate surface area is 93.3 Å². The molecule has 16 heavy (non-hydrogen) atoms. The van der Waals surface area contributed by atoms with E-state index in [0.717, 1.165) is 12.5 Å². The van der Waals surface area contributed by atoms with Crippen LogP contribution in [0.1, 0.15) is 23.7 Å². The van der Waals surface area contributed by atoms with E-state index in [4.69, 9.17) is 10.8 Å². The van der Waals surface area contributed by atoms with Crippen LogP contribution in [0, 0.1) is 5.82 Å². The minimum Gasteiger partial charge on any atom is -0.508 e. The molecule has 0 aromatic heterocycles. The van der Waals surface area contributed by atoms with Crippen LogP contribution in [0.2, 0.25) is 0 Å². The van der Waals surface area contributed by atoms with Gasteiger partial charge in [-0.15, -0.1) is 0 Å². The van der Waals surface area contributed by atoms with Crippen LogP contribution in [0.4, 0.5) is 4.39 Å². The van der Waals surface area contributed by atoms with Gasteiger partial charge in [-0.2, -0.15) is 0 Å². The average molecular weight is 226 g/mol. The highest BCUT2D eigenvalue weighted by molar-refractivity contribution is 5.94. The van der Waals surface area contributed by atoms with Gasteiger partial charge in [-0.25, -0.2) is 4.39 Å². The zero-order valence-electron chi connectivity index (χ0n) is 9.03. The number of phenolic OH excluding ortho intramolecular Hbond substituents is 1. The standard InChI is InChI=1S/C11H15FN2O2/c1-2-7(13)6-14-11(16)9-4-3-8(15)5-10(9)12/h3-5,7,15H,2,6,13H2,1H3,(H,14,16). The molecule has 0 aliphatic rings. The molecule has 0 bridgehead atoms. The Morgan fingerprint density at radius 3 is 2.88 bits per heavy atom. The van der Waals surface area contributed by atoms with Crippen LogP contribution in [0.3, 0.4) is 0 Å². The van der Waals surface area contributed by atoms with Crippen molar-refractivity contribution in [3.8, 4) is 5.75 Å². The van der Waals surface area contributed by atoms with Gasteiger partial charge in [-0.1, -0.05) is 6.92 Å². The fourth-order valence-electron chi connectivity index (χ4n) is 1.15. The van der Waals surface area contributed by atoms with Crippen LogP contribution in [0.5, 0.6) is 5.75 Å². The van der Waals surface area contributed by atoms with Crippen molar-refractivity contribution < 1.29 is 14.3 Å². The van der Waals surface area contributed by atoms with Crippen molar-refractivity contribution in [1.29, 1.82) is 0 Å². The topological polar surface area (TPSA) is 75.3 Å². The van der Waals surface area contributed by atoms with Crippen molar-refractivity contribution in [3.63, 3.8) is 0 Å². The number of rotatable bonds is 4. The monoisotopic (exact) mass is 226 g/mol. The van der Waals surface area contributed by atoms with Gasteiger partial charge in [0.2, 0.25) is 0 Å². The first kappa shape index (κ1) is 12.4. The summed E-state index contributed by atoms with van der Waals surface area (Å²) in [5.41, 5.74) is 5.52. The summed E-state index contributed by atoms with van der Waals surface area (Å²) in [6.45, 7) is 2.20. The summed E-state index contributed by atoms with van der Waals surface area (Å²) in [7, 11) is 0. The van der Waals surface area contributed by atoms with Gasteiger partial charge in [-0.3, -0.25) is 4.79 Å². The Morgan fingerprint density at radius 2 is 2.31 bits per heavy atom. The highest BCUT2D eigenvalue weighted by Gasteiger charge is 2.12. The molecule has 1 rings (SSSR count). The predicted octanol–water partition coefficient (Wildman–Crippen LogP) is 0.998. The number of carbonyl (C=O) groups excluding carboxylic acids is 1. The Hall–Kier alpha value is -1.62. The number of aromatic hydroxyl groups is 1. The third kappa shape index (κ3) is 3.20. The van der Waals surface area contributed by atoms with Crippen LogP contribution in [-0.4, -0.2) is 23.6 Å². The SMILES string of the molecule is CCC(N)CNC(=O)c1ccc(O)cc1F. The van der Waals surface area contributed by atoms with E-state index < -0.39 is 11.7 Å². The zero-order valence-corrected chi connectivity index (χ0v) is 9.03. The van der Waals surface area contributed by atoms with Gasteiger partial charge in [-0.05, 0) is 18.6 Å². The highest BCUT2D eigenvalue weighted by Crippen LogP contribution is 2.14. The maximum Gasteiger partial charge on any atom is 0.254 e. The number of phenols is 1. The third-order valence-electron chi connectivity index (χ3n) is 2.25. The summed E-state index contributed by atoms with van der Waals surface area (Å²) >= 11 is 0. The predicted molar refractivity (Wildman–Crippen MR) is 58.7 cm³/mol. The summed E-state index contributed by atoms with van der Waals surface area (Å²) < 4.78 is 13.3. The number of hydrogen-bond donors (Lipinski definition) is 3. The maximum atomic E-state index is 13.3. The molecule has 4 nitrogen and oxygen atoms in total. The van der Waals surface area contributed by atoms with E-state index in [0.29, 0.717) is 6.54 Å². The Morgan fingerprint density at radius 1 is 1.62 bits per heavy atom. The molecule has 0 aliphatic heterocycles. The fourth-order valence-corrected chi connectivity index (χ4v) is 1.15. The number of amides is 1. The fraction of sp³-hybridized carbons (Fsp3) is 0.364. The summed E-state index contributed by atoms with van der Waals surface area (Å²) in [6, 6.07) is 3.26. The molecule has 1 atom stereocenters. The molecule has 1 unspecified atom stereocenters. The lowest BCUT2D eigenvalue weighted by atomic mass is 10.1. The van der Waals surface area contributed by atoms with Gasteiger partial charge in [0.25, 0.3) is 5.91 Å². The third-order valence-corrected chi connectivity index (χ3v) is 2.25. The minimum atomic E-state index is -0.748. The molecule has 0 spiro atoms. The van der Waals surface area contributed by atoms with Crippen LogP contribution >= 0.6 is 0 Å². The highest BCUT2D eigenvalue weighted by atomic mass is 19.1. The molecule has 4 N–H and O–H groups in total. The van der Waals surface area contributed by atoms with Gasteiger partial charge >= 0.3 is 0 Å². The van der Waals surface area contributed by atoms with E-state index >= 15 is 0 Å². The summed E-state index contributed by atoms with van der Waals surface area (Å²) in [5.74, 6) is -1.48. The van der Waals surface area contributed by atoms with Crippen molar-refractivity contribution in [1.82, 2.24) is 5.32 Å². The minimum absolute atomic E-state index is 0.0962. The number of nitrogens with one attached hydrogen (secondary N) is 1. The second-order valence-corrected chi connectivity index (χ2v) is 3.54. The first-order valence-corrected chi connectivity index (χ1v) is 5.07. The van der Waals surface area contributed by atoms with Crippen molar-refractivity contribution in [2.45, 2.75) is 19.4 Å². The molecule has 88 valence electrons. The quantitative estimate of drug-likeness (QED) is 0.717. The largest absolute Gasteiger partial charge is 0.508 e. The van der Waals surface area contributed by atoms with Crippen molar-refractivity contribution >= 4 is 5.91 Å². The number of halogens is 1. The molecule has 5 heteroatoms. The molecule has 1 aromatic rings. The molecular formula is C11H15FN2O2. The number of benzene rings is 1. The van der Waals surface area contributed by atoms with Gasteiger partial charge < -0.3 is 16.2 Å². The normalized spacial score (nSPS) is 12.2. The second-order valence-electron chi connectivity index (χ2n) is 3.54. The van der Waals surface area contributed by atoms with Gasteiger partial charge in [0, 0.05) is 18.7 Å². The van der Waals surface area contributed by atoms with Crippen LogP contribution in [0.25, 0.3) is 0 Å². The van der Waals surface area contributed by atoms with E-state index in [9.17, 15) is 9.18 Å². The second kappa shape index (κ2) is 5.46. The van der Waals surface area contributed by atoms with Crippen molar-refractivity contribution in [2.24, 2.45) is 5.73 Å². The first-order chi connectivity index (χ1) is 7.54. The molecule has 0 saturated heterocycles. The van der Waals surface area contributed by atoms with Crippen LogP contribution in [-0.2, 0) is 0 Å². The smallest absolute Gasteiger partial charge is 0.254 e. The Bertz CT molecular complexity index is 382. The Kier molecular flexibility index (Phi) is 4.25. The van der Waals surface area contributed by atoms with Crippen molar-refractivity contribution in [2.75, 3.05) is 6.54 Å². The van der Waals surface area contributed by atoms with Gasteiger partial charge in [0.15, 0.2) is 0 Å². The molecule has 0 heterocycles. The molecular weight excluding hydrogens is 211 g/mol. The van der Waals surface area contributed by atoms with E-state index in [1.54, 1.807) is 0 Å². The van der Waals surface area contributed by atoms with Crippen LogP contribution in [0.15, 0.2) is 18.2 Å². The van der Waals surface area contributed by atoms with E-state index in [1.165, 1.54) is 12.1 Å². The molecule has 0 radical (unpaired) electrons. The summed E-state index contributed by atoms with van der Waals surface area (Å²) in [4.78, 5) is 11.5. The average Bonchev–Trinajstić information content (AvgIpc) is 2.25. The number of hydrogen-bond acceptors (Lipinski definition) is 3. The van der Waals surface area contributed by atoms with Gasteiger partial charge in [0.1, 0.15) is 11.6 Å². The number of carbonyl (C=O) groups is 1. The van der Waals surface area contributed by atoms with Gasteiger partial charge in [0.05, 0.1) is 5.56 Å². The lowest BCUT2D eigenvalue weighted by Crippen LogP contribution is -2.37. The van der Waals surface area contributed by atoms with Crippen molar-refractivity contribution in [3.05, 3.63) is 29.6 Å². The Balaban J connectivity index is 2.66. The molecule has 0 fully saturated rings. The molecule has 1 aromatic carbocycles. The molecule has 0 saturated carbocycles.